The molecule has 1 aromatic carbocycles. The fraction of sp³-hybridized carbons (Fsp3) is 0.650. The van der Waals surface area contributed by atoms with Gasteiger partial charge in [-0.1, -0.05) is 0 Å². The highest BCUT2D eigenvalue weighted by Gasteiger charge is 2.32. The lowest BCUT2D eigenvalue weighted by Gasteiger charge is -2.32. The van der Waals surface area contributed by atoms with Crippen molar-refractivity contribution in [1.29, 1.82) is 0 Å². The van der Waals surface area contributed by atoms with Crippen LogP contribution in [0.15, 0.2) is 23.1 Å². The molecule has 0 aliphatic carbocycles. The van der Waals surface area contributed by atoms with E-state index < -0.39 is 16.1 Å². The number of methoxy groups -OCH3 is 1. The molecule has 0 spiro atoms. The van der Waals surface area contributed by atoms with Crippen molar-refractivity contribution in [3.8, 4) is 5.75 Å². The molecule has 2 amide bonds. The zero-order valence-corrected chi connectivity index (χ0v) is 18.7. The van der Waals surface area contributed by atoms with Crippen molar-refractivity contribution < 1.29 is 22.7 Å². The molecule has 2 heterocycles. The van der Waals surface area contributed by atoms with E-state index >= 15 is 0 Å². The van der Waals surface area contributed by atoms with Crippen molar-refractivity contribution in [2.24, 2.45) is 5.92 Å². The molecule has 0 aromatic heterocycles. The summed E-state index contributed by atoms with van der Waals surface area (Å²) in [6.07, 6.45) is 3.37. The number of carbonyl (C=O) groups excluding carboxylic acids is 1. The van der Waals surface area contributed by atoms with Crippen LogP contribution in [0.4, 0.5) is 10.5 Å². The van der Waals surface area contributed by atoms with E-state index in [0.717, 1.165) is 37.0 Å². The highest BCUT2D eigenvalue weighted by molar-refractivity contribution is 7.89. The van der Waals surface area contributed by atoms with Crippen molar-refractivity contribution in [2.45, 2.75) is 30.2 Å². The normalized spacial score (nSPS) is 21.0. The molecule has 0 bridgehead atoms. The number of benzene rings is 1. The topological polar surface area (TPSA) is 100 Å². The summed E-state index contributed by atoms with van der Waals surface area (Å²) in [6, 6.07) is 4.26. The van der Waals surface area contributed by atoms with E-state index in [9.17, 15) is 13.2 Å². The molecule has 30 heavy (non-hydrogen) atoms. The third-order valence-corrected chi connectivity index (χ3v) is 7.60. The van der Waals surface area contributed by atoms with Gasteiger partial charge < -0.3 is 20.1 Å². The average molecular weight is 441 g/mol. The number of rotatable bonds is 8. The molecule has 2 aliphatic heterocycles. The predicted molar refractivity (Wildman–Crippen MR) is 114 cm³/mol. The number of nitrogens with zero attached hydrogens (tertiary/aromatic N) is 2. The summed E-state index contributed by atoms with van der Waals surface area (Å²) in [5.74, 6) is 0.801. The fourth-order valence-corrected chi connectivity index (χ4v) is 4.97. The number of ether oxygens (including phenoxy) is 2. The van der Waals surface area contributed by atoms with Crippen molar-refractivity contribution in [1.82, 2.24) is 14.5 Å². The number of likely N-dealkylation sites (tertiary alicyclic amines) is 1. The summed E-state index contributed by atoms with van der Waals surface area (Å²) >= 11 is 0. The number of carbonyl (C=O) groups is 1. The minimum atomic E-state index is -3.62. The van der Waals surface area contributed by atoms with Crippen LogP contribution in [0.5, 0.6) is 5.75 Å². The molecule has 0 radical (unpaired) electrons. The summed E-state index contributed by atoms with van der Waals surface area (Å²) in [5.41, 5.74) is 0.305. The molecule has 1 aromatic rings. The van der Waals surface area contributed by atoms with E-state index in [2.05, 4.69) is 15.5 Å². The lowest BCUT2D eigenvalue weighted by atomic mass is 9.97. The maximum atomic E-state index is 12.6. The second kappa shape index (κ2) is 9.95. The summed E-state index contributed by atoms with van der Waals surface area (Å²) in [6.45, 7) is 4.09. The maximum absolute atomic E-state index is 12.6. The first-order chi connectivity index (χ1) is 14.3. The van der Waals surface area contributed by atoms with E-state index in [4.69, 9.17) is 9.47 Å². The third kappa shape index (κ3) is 5.23. The summed E-state index contributed by atoms with van der Waals surface area (Å²) in [7, 11) is 0.778. The Labute approximate surface area is 178 Å². The molecule has 2 fully saturated rings. The van der Waals surface area contributed by atoms with Crippen molar-refractivity contribution in [3.05, 3.63) is 18.2 Å². The third-order valence-electron chi connectivity index (χ3n) is 5.79. The Hall–Kier alpha value is -1.88. The van der Waals surface area contributed by atoms with Gasteiger partial charge in [-0.2, -0.15) is 0 Å². The van der Waals surface area contributed by atoms with Crippen LogP contribution in [0.3, 0.4) is 0 Å². The minimum Gasteiger partial charge on any atom is -0.495 e. The number of hydrogen-bond acceptors (Lipinski definition) is 6. The molecule has 2 N–H and O–H groups in total. The monoisotopic (exact) mass is 440 g/mol. The molecule has 0 saturated carbocycles. The Bertz CT molecular complexity index is 818. The zero-order chi connectivity index (χ0) is 21.7. The van der Waals surface area contributed by atoms with Crippen molar-refractivity contribution in [2.75, 3.05) is 59.4 Å². The highest BCUT2D eigenvalue weighted by Crippen LogP contribution is 2.28. The van der Waals surface area contributed by atoms with Crippen LogP contribution in [0.1, 0.15) is 19.3 Å². The minimum absolute atomic E-state index is 0.0849. The molecule has 3 rings (SSSR count). The van der Waals surface area contributed by atoms with Crippen LogP contribution in [0, 0.1) is 5.92 Å². The second-order valence-electron chi connectivity index (χ2n) is 7.92. The van der Waals surface area contributed by atoms with Crippen LogP contribution in [0.2, 0.25) is 0 Å². The average Bonchev–Trinajstić information content (AvgIpc) is 3.42. The molecule has 2 aliphatic rings. The van der Waals surface area contributed by atoms with Crippen molar-refractivity contribution >= 4 is 21.7 Å². The second-order valence-corrected chi connectivity index (χ2v) is 10.1. The van der Waals surface area contributed by atoms with Gasteiger partial charge in [0.25, 0.3) is 0 Å². The Balaban J connectivity index is 1.68. The largest absolute Gasteiger partial charge is 0.495 e. The van der Waals surface area contributed by atoms with Gasteiger partial charge in [0.15, 0.2) is 0 Å². The lowest BCUT2D eigenvalue weighted by Crippen LogP contribution is -2.48. The molecule has 10 heteroatoms. The van der Waals surface area contributed by atoms with Gasteiger partial charge in [0.2, 0.25) is 10.0 Å². The van der Waals surface area contributed by atoms with E-state index in [-0.39, 0.29) is 10.9 Å². The Morgan fingerprint density at radius 1 is 1.33 bits per heavy atom. The number of sulfonamides is 1. The number of anilines is 1. The standard InChI is InChI=1S/C20H32N4O5S/c1-23(2)30(26,27)16-6-7-19(28-3)17(12-16)22-20(25)21-13-18(15-8-11-29-14-15)24-9-4-5-10-24/h6-7,12,15,18H,4-5,8-11,13-14H2,1-3H3,(H2,21,22,25)/t15-,18+/m1/s1. The SMILES string of the molecule is COc1ccc(S(=O)(=O)N(C)C)cc1NC(=O)NC[C@@H]([C@@H]1CCOC1)N1CCCC1. The van der Waals surface area contributed by atoms with Gasteiger partial charge >= 0.3 is 6.03 Å². The maximum Gasteiger partial charge on any atom is 0.319 e. The number of amides is 2. The Kier molecular flexibility index (Phi) is 7.56. The number of nitrogens with one attached hydrogen (secondary N) is 2. The van der Waals surface area contributed by atoms with Gasteiger partial charge in [-0.3, -0.25) is 4.90 Å². The molecule has 0 unspecified atom stereocenters. The van der Waals surface area contributed by atoms with E-state index in [1.54, 1.807) is 0 Å². The van der Waals surface area contributed by atoms with Gasteiger partial charge in [0.05, 0.1) is 24.3 Å². The summed E-state index contributed by atoms with van der Waals surface area (Å²) in [4.78, 5) is 15.1. The van der Waals surface area contributed by atoms with Crippen LogP contribution < -0.4 is 15.4 Å². The quantitative estimate of drug-likeness (QED) is 0.637. The van der Waals surface area contributed by atoms with Gasteiger partial charge in [-0.05, 0) is 50.6 Å². The van der Waals surface area contributed by atoms with E-state index in [1.165, 1.54) is 52.2 Å². The first kappa shape index (κ1) is 22.8. The van der Waals surface area contributed by atoms with E-state index in [0.29, 0.717) is 23.9 Å². The molecule has 168 valence electrons. The van der Waals surface area contributed by atoms with Gasteiger partial charge in [0.1, 0.15) is 5.75 Å². The Morgan fingerprint density at radius 3 is 2.67 bits per heavy atom. The number of hydrogen-bond donors (Lipinski definition) is 2. The van der Waals surface area contributed by atoms with E-state index in [1.807, 2.05) is 0 Å². The van der Waals surface area contributed by atoms with Crippen molar-refractivity contribution in [3.63, 3.8) is 0 Å². The molecular formula is C20H32N4O5S. The summed E-state index contributed by atoms with van der Waals surface area (Å²) < 4.78 is 36.8. The van der Waals surface area contributed by atoms with Crippen LogP contribution in [-0.4, -0.2) is 83.7 Å². The van der Waals surface area contributed by atoms with Gasteiger partial charge in [0, 0.05) is 39.2 Å². The fourth-order valence-electron chi connectivity index (χ4n) is 4.04. The molecule has 9 nitrogen and oxygen atoms in total. The lowest BCUT2D eigenvalue weighted by molar-refractivity contribution is 0.135. The highest BCUT2D eigenvalue weighted by atomic mass is 32.2. The first-order valence-electron chi connectivity index (χ1n) is 10.3. The smallest absolute Gasteiger partial charge is 0.319 e. The molecular weight excluding hydrogens is 408 g/mol. The Morgan fingerprint density at radius 2 is 2.07 bits per heavy atom. The number of urea groups is 1. The van der Waals surface area contributed by atoms with Gasteiger partial charge in [-0.15, -0.1) is 0 Å². The van der Waals surface area contributed by atoms with Crippen LogP contribution >= 0.6 is 0 Å². The first-order valence-corrected chi connectivity index (χ1v) is 11.7. The van der Waals surface area contributed by atoms with Crippen LogP contribution in [-0.2, 0) is 14.8 Å². The molecule has 2 saturated heterocycles. The predicted octanol–water partition coefficient (Wildman–Crippen LogP) is 1.57. The van der Waals surface area contributed by atoms with Crippen LogP contribution in [0.25, 0.3) is 0 Å². The van der Waals surface area contributed by atoms with Gasteiger partial charge in [-0.25, -0.2) is 17.5 Å². The summed E-state index contributed by atoms with van der Waals surface area (Å²) in [5, 5.41) is 5.70. The molecule has 2 atom stereocenters. The zero-order valence-electron chi connectivity index (χ0n) is 17.9.